The number of hydrogen-bond acceptors (Lipinski definition) is 3. The highest BCUT2D eigenvalue weighted by atomic mass is 16.5. The Morgan fingerprint density at radius 2 is 1.67 bits per heavy atom. The van der Waals surface area contributed by atoms with Crippen molar-refractivity contribution >= 4 is 12.4 Å². The number of amides is 1. The van der Waals surface area contributed by atoms with Gasteiger partial charge in [-0.25, -0.2) is 4.79 Å². The predicted molar refractivity (Wildman–Crippen MR) is 63.3 cm³/mol. The van der Waals surface area contributed by atoms with Crippen LogP contribution in [0.5, 0.6) is 0 Å². The molecule has 15 heavy (non-hydrogen) atoms. The number of primary amides is 1. The summed E-state index contributed by atoms with van der Waals surface area (Å²) in [5.74, 6) is 0. The van der Waals surface area contributed by atoms with Crippen LogP contribution in [0, 0.1) is 18.3 Å². The molecule has 4 nitrogen and oxygen atoms in total. The van der Waals surface area contributed by atoms with Gasteiger partial charge in [0, 0.05) is 6.42 Å². The molecule has 0 heterocycles. The molecule has 0 unspecified atom stereocenters. The van der Waals surface area contributed by atoms with E-state index in [0.29, 0.717) is 6.42 Å². The smallest absolute Gasteiger partial charge is 0.404 e. The summed E-state index contributed by atoms with van der Waals surface area (Å²) in [5, 5.41) is 0. The first-order valence-corrected chi connectivity index (χ1v) is 3.94. The van der Waals surface area contributed by atoms with Gasteiger partial charge in [-0.3, -0.25) is 0 Å². The fourth-order valence-electron chi connectivity index (χ4n) is 0.250. The Hall–Kier alpha value is -1.50. The molecule has 0 rings (SSSR count). The second-order valence-electron chi connectivity index (χ2n) is 3.45. The number of aldehydes is 1. The number of nitrogens with two attached hydrogens (primary N) is 1. The van der Waals surface area contributed by atoms with Crippen molar-refractivity contribution in [2.24, 2.45) is 11.1 Å². The van der Waals surface area contributed by atoms with Crippen molar-refractivity contribution in [3.05, 3.63) is 0 Å². The molecular formula is C11H23NO3. The minimum atomic E-state index is -0.745. The highest BCUT2D eigenvalue weighted by Crippen LogP contribution is 2.15. The Labute approximate surface area is 93.2 Å². The molecule has 1 amide bonds. The fourth-order valence-corrected chi connectivity index (χ4v) is 0.250. The first-order valence-electron chi connectivity index (χ1n) is 3.94. The Morgan fingerprint density at radius 1 is 1.40 bits per heavy atom. The van der Waals surface area contributed by atoms with E-state index in [1.54, 1.807) is 0 Å². The van der Waals surface area contributed by atoms with E-state index in [9.17, 15) is 9.59 Å². The van der Waals surface area contributed by atoms with Gasteiger partial charge in [0.2, 0.25) is 0 Å². The predicted octanol–water partition coefficient (Wildman–Crippen LogP) is 2.22. The first-order chi connectivity index (χ1) is 6.33. The monoisotopic (exact) mass is 217 g/mol. The van der Waals surface area contributed by atoms with E-state index >= 15 is 0 Å². The molecule has 90 valence electrons. The van der Waals surface area contributed by atoms with Crippen molar-refractivity contribution in [1.82, 2.24) is 0 Å². The molecule has 0 atom stereocenters. The maximum Gasteiger partial charge on any atom is 0.404 e. The SMILES string of the molecule is C.C#C.CC(C)(C)CC=O.COC(N)=O. The number of terminal acetylenes is 1. The molecule has 4 heteroatoms. The zero-order chi connectivity index (χ0) is 12.2. The first kappa shape index (κ1) is 23.4. The van der Waals surface area contributed by atoms with Crippen molar-refractivity contribution in [2.75, 3.05) is 7.11 Å². The number of carbonyl (C=O) groups excluding carboxylic acids is 2. The Kier molecular flexibility index (Phi) is 23.4. The van der Waals surface area contributed by atoms with Crippen LogP contribution in [0.1, 0.15) is 34.6 Å². The van der Waals surface area contributed by atoms with E-state index in [0.717, 1.165) is 6.29 Å². The lowest BCUT2D eigenvalue weighted by Crippen LogP contribution is -2.08. The highest BCUT2D eigenvalue weighted by molar-refractivity contribution is 5.64. The van der Waals surface area contributed by atoms with Gasteiger partial charge in [0.15, 0.2) is 0 Å². The van der Waals surface area contributed by atoms with E-state index in [1.807, 2.05) is 20.8 Å². The van der Waals surface area contributed by atoms with Gasteiger partial charge in [0.1, 0.15) is 6.29 Å². The van der Waals surface area contributed by atoms with Crippen LogP contribution >= 0.6 is 0 Å². The molecule has 0 saturated heterocycles. The normalized spacial score (nSPS) is 7.60. The Morgan fingerprint density at radius 3 is 1.67 bits per heavy atom. The summed E-state index contributed by atoms with van der Waals surface area (Å²) in [5.41, 5.74) is 4.61. The Bertz CT molecular complexity index is 168. The molecule has 2 N–H and O–H groups in total. The van der Waals surface area contributed by atoms with Crippen molar-refractivity contribution in [3.8, 4) is 12.8 Å². The van der Waals surface area contributed by atoms with Crippen LogP contribution in [0.4, 0.5) is 4.79 Å². The summed E-state index contributed by atoms with van der Waals surface area (Å²) in [6.45, 7) is 6.13. The zero-order valence-corrected chi connectivity index (χ0v) is 9.24. The number of rotatable bonds is 1. The summed E-state index contributed by atoms with van der Waals surface area (Å²) in [7, 11) is 1.22. The van der Waals surface area contributed by atoms with Gasteiger partial charge in [0.25, 0.3) is 0 Å². The van der Waals surface area contributed by atoms with Crippen molar-refractivity contribution < 1.29 is 14.3 Å². The number of carbonyl (C=O) groups is 2. The van der Waals surface area contributed by atoms with E-state index in [1.165, 1.54) is 7.11 Å². The number of methoxy groups -OCH3 is 1. The second-order valence-corrected chi connectivity index (χ2v) is 3.45. The van der Waals surface area contributed by atoms with Crippen LogP contribution in [0.3, 0.4) is 0 Å². The standard InChI is InChI=1S/C6H12O.C2H5NO2.C2H2.CH4/c1-6(2,3)4-5-7;1-5-2(3)4;1-2;/h5H,4H2,1-3H3;1H3,(H2,3,4);1-2H;1H4. The third-order valence-corrected chi connectivity index (χ3v) is 0.897. The summed E-state index contributed by atoms with van der Waals surface area (Å²) in [6, 6.07) is 0. The average Bonchev–Trinajstić information content (AvgIpc) is 2.07. The van der Waals surface area contributed by atoms with Crippen LogP contribution in [0.15, 0.2) is 0 Å². The molecule has 0 fully saturated rings. The van der Waals surface area contributed by atoms with E-state index in [4.69, 9.17) is 0 Å². The maximum absolute atomic E-state index is 9.82. The molecule has 0 bridgehead atoms. The molecule has 0 aromatic carbocycles. The van der Waals surface area contributed by atoms with Crippen LogP contribution in [0.25, 0.3) is 0 Å². The quantitative estimate of drug-likeness (QED) is 0.541. The zero-order valence-electron chi connectivity index (χ0n) is 9.24. The van der Waals surface area contributed by atoms with Crippen molar-refractivity contribution in [2.45, 2.75) is 34.6 Å². The molecule has 0 aliphatic heterocycles. The van der Waals surface area contributed by atoms with Gasteiger partial charge >= 0.3 is 6.09 Å². The molecular weight excluding hydrogens is 194 g/mol. The van der Waals surface area contributed by atoms with Gasteiger partial charge in [-0.15, -0.1) is 12.8 Å². The van der Waals surface area contributed by atoms with Crippen LogP contribution < -0.4 is 5.73 Å². The van der Waals surface area contributed by atoms with Gasteiger partial charge in [-0.05, 0) is 5.41 Å². The minimum Gasteiger partial charge on any atom is -0.453 e. The van der Waals surface area contributed by atoms with Gasteiger partial charge in [-0.1, -0.05) is 28.2 Å². The molecule has 0 saturated carbocycles. The van der Waals surface area contributed by atoms with Gasteiger partial charge in [-0.2, -0.15) is 0 Å². The van der Waals surface area contributed by atoms with Crippen LogP contribution in [-0.4, -0.2) is 19.5 Å². The summed E-state index contributed by atoms with van der Waals surface area (Å²) < 4.78 is 3.89. The largest absolute Gasteiger partial charge is 0.453 e. The third-order valence-electron chi connectivity index (χ3n) is 0.897. The maximum atomic E-state index is 9.82. The van der Waals surface area contributed by atoms with E-state index in [-0.39, 0.29) is 12.8 Å². The van der Waals surface area contributed by atoms with Crippen molar-refractivity contribution in [1.29, 1.82) is 0 Å². The molecule has 0 spiro atoms. The topological polar surface area (TPSA) is 69.4 Å². The van der Waals surface area contributed by atoms with E-state index in [2.05, 4.69) is 23.3 Å². The van der Waals surface area contributed by atoms with Crippen molar-refractivity contribution in [3.63, 3.8) is 0 Å². The fraction of sp³-hybridized carbons (Fsp3) is 0.636. The van der Waals surface area contributed by atoms with Gasteiger partial charge < -0.3 is 15.3 Å². The second kappa shape index (κ2) is 15.0. The Balaban J connectivity index is -0.0000000675. The average molecular weight is 217 g/mol. The lowest BCUT2D eigenvalue weighted by atomic mass is 9.93. The molecule has 0 aliphatic rings. The van der Waals surface area contributed by atoms with Crippen LogP contribution in [-0.2, 0) is 9.53 Å². The molecule has 0 aromatic rings. The summed E-state index contributed by atoms with van der Waals surface area (Å²) in [6.07, 6.45) is 8.87. The lowest BCUT2D eigenvalue weighted by molar-refractivity contribution is -0.109. The lowest BCUT2D eigenvalue weighted by Gasteiger charge is -2.11. The summed E-state index contributed by atoms with van der Waals surface area (Å²) in [4.78, 5) is 19.2. The molecule has 0 radical (unpaired) electrons. The highest BCUT2D eigenvalue weighted by Gasteiger charge is 2.06. The third kappa shape index (κ3) is 68.1. The number of ether oxygens (including phenoxy) is 1. The number of hydrogen-bond donors (Lipinski definition) is 1. The minimum absolute atomic E-state index is 0. The summed E-state index contributed by atoms with van der Waals surface area (Å²) >= 11 is 0. The van der Waals surface area contributed by atoms with Crippen LogP contribution in [0.2, 0.25) is 0 Å². The van der Waals surface area contributed by atoms with E-state index < -0.39 is 6.09 Å². The molecule has 0 aliphatic carbocycles. The van der Waals surface area contributed by atoms with Gasteiger partial charge in [0.05, 0.1) is 7.11 Å². The molecule has 0 aromatic heterocycles.